The van der Waals surface area contributed by atoms with Crippen LogP contribution in [0.1, 0.15) is 18.9 Å². The van der Waals surface area contributed by atoms with Gasteiger partial charge < -0.3 is 10.6 Å². The Morgan fingerprint density at radius 1 is 1.35 bits per heavy atom. The molecule has 26 heavy (non-hydrogen) atoms. The molecule has 0 aliphatic carbocycles. The van der Waals surface area contributed by atoms with Gasteiger partial charge in [-0.1, -0.05) is 12.1 Å². The maximum Gasteiger partial charge on any atom is 0.236 e. The van der Waals surface area contributed by atoms with Crippen molar-refractivity contribution in [3.05, 3.63) is 36.2 Å². The van der Waals surface area contributed by atoms with Gasteiger partial charge in [0.25, 0.3) is 0 Å². The molecule has 4 N–H and O–H groups in total. The second-order valence-electron chi connectivity index (χ2n) is 6.72. The standard InChI is InChI=1S/C18H26N4O3S/c1-13-10-20-11-15-5-3-6-16(18(13)15)26(24,25)22-8-4-7-21(12-14(22)2)17(23)9-19/h3,5-6,10-11,14,24-25H,4,7-9,12,19H2,1-2H3/t14-/m0/s1. The van der Waals surface area contributed by atoms with Crippen LogP contribution in [-0.2, 0) is 4.79 Å². The zero-order valence-electron chi connectivity index (χ0n) is 15.1. The van der Waals surface area contributed by atoms with Gasteiger partial charge in [-0.25, -0.2) is 0 Å². The fourth-order valence-electron chi connectivity index (χ4n) is 3.60. The average molecular weight is 378 g/mol. The highest BCUT2D eigenvalue weighted by Gasteiger charge is 2.34. The zero-order chi connectivity index (χ0) is 18.9. The summed E-state index contributed by atoms with van der Waals surface area (Å²) < 4.78 is 24.2. The summed E-state index contributed by atoms with van der Waals surface area (Å²) in [7, 11) is -3.20. The van der Waals surface area contributed by atoms with Crippen molar-refractivity contribution < 1.29 is 13.9 Å². The first-order valence-corrected chi connectivity index (χ1v) is 10.2. The van der Waals surface area contributed by atoms with Crippen molar-refractivity contribution in [2.75, 3.05) is 26.2 Å². The molecule has 0 spiro atoms. The van der Waals surface area contributed by atoms with Crippen LogP contribution in [-0.4, -0.2) is 61.4 Å². The highest BCUT2D eigenvalue weighted by Crippen LogP contribution is 2.55. The largest absolute Gasteiger partial charge is 0.340 e. The van der Waals surface area contributed by atoms with Crippen molar-refractivity contribution in [2.45, 2.75) is 31.2 Å². The molecule has 1 amide bonds. The SMILES string of the molecule is Cc1cncc2cccc(S(O)(O)N3CCCN(C(=O)CN)C[C@@H]3C)c12. The summed E-state index contributed by atoms with van der Waals surface area (Å²) >= 11 is 0. The Hall–Kier alpha value is -1.71. The molecule has 1 aliphatic heterocycles. The summed E-state index contributed by atoms with van der Waals surface area (Å²) in [5, 5.41) is 1.71. The van der Waals surface area contributed by atoms with E-state index < -0.39 is 10.8 Å². The molecule has 8 heteroatoms. The van der Waals surface area contributed by atoms with E-state index in [1.807, 2.05) is 26.0 Å². The van der Waals surface area contributed by atoms with Crippen LogP contribution in [0, 0.1) is 6.92 Å². The average Bonchev–Trinajstić information content (AvgIpc) is 2.83. The van der Waals surface area contributed by atoms with Gasteiger partial charge in [-0.05, 0) is 31.9 Å². The molecular weight excluding hydrogens is 352 g/mol. The number of rotatable bonds is 3. The number of aromatic nitrogens is 1. The van der Waals surface area contributed by atoms with E-state index in [4.69, 9.17) is 5.73 Å². The molecule has 142 valence electrons. The van der Waals surface area contributed by atoms with Crippen molar-refractivity contribution in [3.63, 3.8) is 0 Å². The van der Waals surface area contributed by atoms with Crippen LogP contribution in [0.5, 0.6) is 0 Å². The molecule has 3 rings (SSSR count). The molecule has 1 saturated heterocycles. The van der Waals surface area contributed by atoms with Crippen molar-refractivity contribution >= 4 is 27.5 Å². The number of fused-ring (bicyclic) bond motifs is 1. The summed E-state index contributed by atoms with van der Waals surface area (Å²) in [6.07, 6.45) is 4.13. The van der Waals surface area contributed by atoms with Crippen LogP contribution in [0.15, 0.2) is 35.5 Å². The minimum atomic E-state index is -3.20. The molecule has 1 aromatic heterocycles. The number of benzene rings is 1. The molecule has 7 nitrogen and oxygen atoms in total. The molecule has 0 saturated carbocycles. The lowest BCUT2D eigenvalue weighted by Crippen LogP contribution is -2.43. The van der Waals surface area contributed by atoms with Gasteiger partial charge >= 0.3 is 0 Å². The first-order chi connectivity index (χ1) is 12.4. The molecule has 1 atom stereocenters. The quantitative estimate of drug-likeness (QED) is 0.758. The summed E-state index contributed by atoms with van der Waals surface area (Å²) in [6, 6.07) is 5.31. The van der Waals surface area contributed by atoms with E-state index in [0.717, 1.165) is 16.3 Å². The Morgan fingerprint density at radius 3 is 2.85 bits per heavy atom. The maximum atomic E-state index is 12.0. The summed E-state index contributed by atoms with van der Waals surface area (Å²) in [4.78, 5) is 18.4. The molecule has 2 heterocycles. The fraction of sp³-hybridized carbons (Fsp3) is 0.444. The summed E-state index contributed by atoms with van der Waals surface area (Å²) in [5.41, 5.74) is 6.39. The second-order valence-corrected chi connectivity index (χ2v) is 8.66. The smallest absolute Gasteiger partial charge is 0.236 e. The second kappa shape index (κ2) is 7.50. The Balaban J connectivity index is 1.99. The van der Waals surface area contributed by atoms with Crippen molar-refractivity contribution in [1.82, 2.24) is 14.2 Å². The van der Waals surface area contributed by atoms with Gasteiger partial charge in [-0.3, -0.25) is 18.9 Å². The van der Waals surface area contributed by atoms with Crippen LogP contribution < -0.4 is 5.73 Å². The number of amides is 1. The third-order valence-corrected chi connectivity index (χ3v) is 6.99. The molecule has 0 radical (unpaired) electrons. The number of carbonyl (C=O) groups excluding carboxylic acids is 1. The lowest BCUT2D eigenvalue weighted by Gasteiger charge is -2.46. The van der Waals surface area contributed by atoms with Crippen LogP contribution >= 0.6 is 10.8 Å². The van der Waals surface area contributed by atoms with Crippen LogP contribution in [0.4, 0.5) is 0 Å². The number of nitrogens with zero attached hydrogens (tertiary/aromatic N) is 3. The molecular formula is C18H26N4O3S. The zero-order valence-corrected chi connectivity index (χ0v) is 15.9. The van der Waals surface area contributed by atoms with E-state index in [0.29, 0.717) is 31.0 Å². The molecule has 1 aromatic carbocycles. The molecule has 1 fully saturated rings. The normalized spacial score (nSPS) is 20.2. The topological polar surface area (TPSA) is 103 Å². The van der Waals surface area contributed by atoms with Crippen molar-refractivity contribution in [3.8, 4) is 0 Å². The number of hydrogen-bond donors (Lipinski definition) is 3. The number of nitrogens with two attached hydrogens (primary N) is 1. The van der Waals surface area contributed by atoms with Gasteiger partial charge in [-0.15, -0.1) is 10.8 Å². The molecule has 0 unspecified atom stereocenters. The number of hydrogen-bond acceptors (Lipinski definition) is 6. The van der Waals surface area contributed by atoms with Gasteiger partial charge in [0.15, 0.2) is 0 Å². The van der Waals surface area contributed by atoms with Gasteiger partial charge in [0.1, 0.15) is 0 Å². The Bertz CT molecular complexity index is 809. The van der Waals surface area contributed by atoms with Crippen LogP contribution in [0.25, 0.3) is 10.8 Å². The molecule has 2 aromatic rings. The molecule has 1 aliphatic rings. The Morgan fingerprint density at radius 2 is 2.12 bits per heavy atom. The van der Waals surface area contributed by atoms with Gasteiger partial charge in [0, 0.05) is 48.8 Å². The van der Waals surface area contributed by atoms with E-state index in [-0.39, 0.29) is 18.5 Å². The first-order valence-electron chi connectivity index (χ1n) is 8.72. The highest BCUT2D eigenvalue weighted by atomic mass is 32.3. The molecule has 0 bridgehead atoms. The van der Waals surface area contributed by atoms with E-state index >= 15 is 0 Å². The number of carbonyl (C=O) groups is 1. The lowest BCUT2D eigenvalue weighted by atomic mass is 10.1. The minimum Gasteiger partial charge on any atom is -0.340 e. The summed E-state index contributed by atoms with van der Waals surface area (Å²) in [5.74, 6) is -0.109. The Kier molecular flexibility index (Phi) is 5.50. The Labute approximate surface area is 155 Å². The van der Waals surface area contributed by atoms with Gasteiger partial charge in [-0.2, -0.15) is 4.31 Å². The van der Waals surface area contributed by atoms with Gasteiger partial charge in [0.2, 0.25) is 5.91 Å². The maximum absolute atomic E-state index is 12.0. The predicted molar refractivity (Wildman–Crippen MR) is 104 cm³/mol. The lowest BCUT2D eigenvalue weighted by molar-refractivity contribution is -0.129. The van der Waals surface area contributed by atoms with Crippen molar-refractivity contribution in [1.29, 1.82) is 0 Å². The number of aryl methyl sites for hydroxylation is 1. The third-order valence-electron chi connectivity index (χ3n) is 4.87. The first kappa shape index (κ1) is 19.1. The van der Waals surface area contributed by atoms with Crippen LogP contribution in [0.3, 0.4) is 0 Å². The van der Waals surface area contributed by atoms with Gasteiger partial charge in [0.05, 0.1) is 11.4 Å². The van der Waals surface area contributed by atoms with Crippen molar-refractivity contribution in [2.24, 2.45) is 5.73 Å². The van der Waals surface area contributed by atoms with Crippen LogP contribution in [0.2, 0.25) is 0 Å². The summed E-state index contributed by atoms with van der Waals surface area (Å²) in [6.45, 7) is 5.30. The van der Waals surface area contributed by atoms with E-state index in [1.54, 1.807) is 27.7 Å². The monoisotopic (exact) mass is 378 g/mol. The number of pyridine rings is 1. The van der Waals surface area contributed by atoms with E-state index in [2.05, 4.69) is 4.98 Å². The fourth-order valence-corrected chi connectivity index (χ4v) is 5.62. The third kappa shape index (κ3) is 3.43. The highest BCUT2D eigenvalue weighted by molar-refractivity contribution is 8.22. The van der Waals surface area contributed by atoms with E-state index in [1.165, 1.54) is 0 Å². The predicted octanol–water partition coefficient (Wildman–Crippen LogP) is 2.45. The minimum absolute atomic E-state index is 0.0293. The van der Waals surface area contributed by atoms with E-state index in [9.17, 15) is 13.9 Å².